The van der Waals surface area contributed by atoms with E-state index in [1.54, 1.807) is 36.5 Å². The maximum atomic E-state index is 13.4. The van der Waals surface area contributed by atoms with Gasteiger partial charge < -0.3 is 14.4 Å². The molecule has 5 rings (SSSR count). The number of ketones is 1. The molecule has 1 atom stereocenters. The molecule has 0 aliphatic carbocycles. The topological polar surface area (TPSA) is 83.6 Å². The average Bonchev–Trinajstić information content (AvgIpc) is 3.49. The Bertz CT molecular complexity index is 1240. The number of carbonyl (C=O) groups is 2. The number of carbonyl (C=O) groups excluding carboxylic acids is 2. The minimum atomic E-state index is -0.804. The molecule has 1 unspecified atom stereocenters. The second kappa shape index (κ2) is 7.27. The Hall–Kier alpha value is -3.71. The molecule has 1 N–H and O–H groups in total. The van der Waals surface area contributed by atoms with Crippen molar-refractivity contribution >= 4 is 34.0 Å². The molecule has 4 heterocycles. The minimum Gasteiger partial charge on any atom is -0.503 e. The Balaban J connectivity index is 1.60. The number of rotatable bonds is 5. The van der Waals surface area contributed by atoms with Gasteiger partial charge in [-0.25, -0.2) is 0 Å². The van der Waals surface area contributed by atoms with Crippen LogP contribution in [0.15, 0.2) is 88.0 Å². The summed E-state index contributed by atoms with van der Waals surface area (Å²) in [5, 5.41) is 13.4. The molecule has 30 heavy (non-hydrogen) atoms. The van der Waals surface area contributed by atoms with Crippen LogP contribution in [0.1, 0.15) is 27.2 Å². The molecule has 0 radical (unpaired) electrons. The van der Waals surface area contributed by atoms with Crippen LogP contribution in [0.5, 0.6) is 0 Å². The number of aromatic nitrogens is 1. The number of aliphatic hydroxyl groups excluding tert-OH is 1. The third-order valence-corrected chi connectivity index (χ3v) is 5.93. The fraction of sp³-hybridized carbons (Fsp3) is 0.0870. The van der Waals surface area contributed by atoms with Crippen LogP contribution in [-0.4, -0.2) is 26.7 Å². The van der Waals surface area contributed by atoms with Crippen LogP contribution in [0.3, 0.4) is 0 Å². The normalized spacial score (nSPS) is 16.6. The quantitative estimate of drug-likeness (QED) is 0.478. The van der Waals surface area contributed by atoms with E-state index in [1.807, 2.05) is 35.7 Å². The molecule has 0 saturated carbocycles. The molecule has 6 nitrogen and oxygen atoms in total. The lowest BCUT2D eigenvalue weighted by Gasteiger charge is -2.25. The lowest BCUT2D eigenvalue weighted by molar-refractivity contribution is -0.130. The summed E-state index contributed by atoms with van der Waals surface area (Å²) in [5.74, 6) is -1.61. The van der Waals surface area contributed by atoms with Crippen LogP contribution >= 0.6 is 11.3 Å². The van der Waals surface area contributed by atoms with Crippen LogP contribution in [0.4, 0.5) is 0 Å². The van der Waals surface area contributed by atoms with E-state index in [0.29, 0.717) is 11.3 Å². The Kier molecular flexibility index (Phi) is 4.44. The summed E-state index contributed by atoms with van der Waals surface area (Å²) in [6, 6.07) is 17.2. The zero-order valence-corrected chi connectivity index (χ0v) is 16.5. The van der Waals surface area contributed by atoms with Crippen LogP contribution < -0.4 is 0 Å². The van der Waals surface area contributed by atoms with Gasteiger partial charge >= 0.3 is 0 Å². The van der Waals surface area contributed by atoms with Gasteiger partial charge in [0, 0.05) is 16.5 Å². The number of hydrogen-bond donors (Lipinski definition) is 1. The summed E-state index contributed by atoms with van der Waals surface area (Å²) in [6.45, 7) is 0.263. The highest BCUT2D eigenvalue weighted by molar-refractivity contribution is 7.09. The third-order valence-electron chi connectivity index (χ3n) is 5.07. The fourth-order valence-corrected chi connectivity index (χ4v) is 4.39. The van der Waals surface area contributed by atoms with Crippen molar-refractivity contribution in [2.75, 3.05) is 0 Å². The van der Waals surface area contributed by atoms with Crippen molar-refractivity contribution in [2.24, 2.45) is 0 Å². The summed E-state index contributed by atoms with van der Waals surface area (Å²) >= 11 is 1.50. The number of para-hydroxylation sites is 1. The van der Waals surface area contributed by atoms with Crippen molar-refractivity contribution in [3.63, 3.8) is 0 Å². The standard InChI is InChI=1S/C23H16N2O4S/c26-21(18-12-14-6-1-2-9-17(14)29-18)19-20(16-8-3-4-10-24-16)25(23(28)22(19)27)13-15-7-5-11-30-15/h1-12,20,27H,13H2. The van der Waals surface area contributed by atoms with E-state index in [4.69, 9.17) is 4.42 Å². The number of benzene rings is 1. The summed E-state index contributed by atoms with van der Waals surface area (Å²) in [6.07, 6.45) is 1.60. The first kappa shape index (κ1) is 18.3. The number of hydrogen-bond acceptors (Lipinski definition) is 6. The smallest absolute Gasteiger partial charge is 0.290 e. The lowest BCUT2D eigenvalue weighted by atomic mass is 9.98. The third kappa shape index (κ3) is 3.00. The number of nitrogens with zero attached hydrogens (tertiary/aromatic N) is 2. The van der Waals surface area contributed by atoms with Crippen LogP contribution in [-0.2, 0) is 11.3 Å². The first-order valence-corrected chi connectivity index (χ1v) is 10.2. The second-order valence-corrected chi connectivity index (χ2v) is 7.94. The van der Waals surface area contributed by atoms with Gasteiger partial charge in [0.15, 0.2) is 11.5 Å². The van der Waals surface area contributed by atoms with Gasteiger partial charge in [-0.15, -0.1) is 11.3 Å². The first-order chi connectivity index (χ1) is 14.6. The lowest BCUT2D eigenvalue weighted by Crippen LogP contribution is -2.30. The van der Waals surface area contributed by atoms with E-state index in [9.17, 15) is 14.7 Å². The van der Waals surface area contributed by atoms with E-state index < -0.39 is 23.5 Å². The average molecular weight is 416 g/mol. The summed E-state index contributed by atoms with van der Waals surface area (Å²) in [5.41, 5.74) is 1.05. The number of amides is 1. The number of pyridine rings is 1. The van der Waals surface area contributed by atoms with Gasteiger partial charge in [-0.05, 0) is 35.7 Å². The summed E-state index contributed by atoms with van der Waals surface area (Å²) in [4.78, 5) is 33.1. The molecular formula is C23H16N2O4S. The fourth-order valence-electron chi connectivity index (χ4n) is 3.69. The van der Waals surface area contributed by atoms with Gasteiger partial charge in [-0.1, -0.05) is 30.3 Å². The highest BCUT2D eigenvalue weighted by Gasteiger charge is 2.45. The highest BCUT2D eigenvalue weighted by atomic mass is 32.1. The molecule has 1 aliphatic heterocycles. The van der Waals surface area contributed by atoms with Crippen molar-refractivity contribution in [3.8, 4) is 0 Å². The van der Waals surface area contributed by atoms with Crippen molar-refractivity contribution in [1.82, 2.24) is 9.88 Å². The van der Waals surface area contributed by atoms with Crippen molar-refractivity contribution in [1.29, 1.82) is 0 Å². The van der Waals surface area contributed by atoms with Crippen molar-refractivity contribution < 1.29 is 19.1 Å². The number of fused-ring (bicyclic) bond motifs is 1. The predicted octanol–water partition coefficient (Wildman–Crippen LogP) is 4.67. The van der Waals surface area contributed by atoms with Gasteiger partial charge in [-0.2, -0.15) is 0 Å². The largest absolute Gasteiger partial charge is 0.503 e. The zero-order valence-electron chi connectivity index (χ0n) is 15.7. The minimum absolute atomic E-state index is 0.0192. The predicted molar refractivity (Wildman–Crippen MR) is 112 cm³/mol. The monoisotopic (exact) mass is 416 g/mol. The highest BCUT2D eigenvalue weighted by Crippen LogP contribution is 2.40. The summed E-state index contributed by atoms with van der Waals surface area (Å²) < 4.78 is 5.71. The molecule has 1 aromatic carbocycles. The van der Waals surface area contributed by atoms with Gasteiger partial charge in [0.2, 0.25) is 5.78 Å². The molecule has 7 heteroatoms. The zero-order chi connectivity index (χ0) is 20.7. The molecule has 148 valence electrons. The number of aliphatic hydroxyl groups is 1. The van der Waals surface area contributed by atoms with Crippen LogP contribution in [0.25, 0.3) is 11.0 Å². The summed E-state index contributed by atoms with van der Waals surface area (Å²) in [7, 11) is 0. The van der Waals surface area contributed by atoms with E-state index >= 15 is 0 Å². The number of furan rings is 1. The SMILES string of the molecule is O=C(C1=C(O)C(=O)N(Cc2cccs2)C1c1ccccn1)c1cc2ccccc2o1. The molecule has 0 saturated heterocycles. The van der Waals surface area contributed by atoms with Gasteiger partial charge in [-0.3, -0.25) is 14.6 Å². The number of Topliss-reactive ketones (excluding diaryl/α,β-unsaturated/α-hetero) is 1. The molecule has 4 aromatic rings. The van der Waals surface area contributed by atoms with Crippen molar-refractivity contribution in [2.45, 2.75) is 12.6 Å². The van der Waals surface area contributed by atoms with Gasteiger partial charge in [0.05, 0.1) is 17.8 Å². The van der Waals surface area contributed by atoms with E-state index in [1.165, 1.54) is 16.2 Å². The Morgan fingerprint density at radius 2 is 1.97 bits per heavy atom. The molecule has 0 bridgehead atoms. The molecule has 3 aromatic heterocycles. The molecule has 0 spiro atoms. The molecule has 1 amide bonds. The molecular weight excluding hydrogens is 400 g/mol. The van der Waals surface area contributed by atoms with E-state index in [-0.39, 0.29) is 17.9 Å². The second-order valence-electron chi connectivity index (χ2n) is 6.91. The van der Waals surface area contributed by atoms with E-state index in [2.05, 4.69) is 4.98 Å². The maximum Gasteiger partial charge on any atom is 0.290 e. The van der Waals surface area contributed by atoms with Crippen LogP contribution in [0, 0.1) is 0 Å². The Labute approximate surface area is 175 Å². The molecule has 1 aliphatic rings. The van der Waals surface area contributed by atoms with E-state index in [0.717, 1.165) is 10.3 Å². The number of thiophene rings is 1. The van der Waals surface area contributed by atoms with Crippen LogP contribution in [0.2, 0.25) is 0 Å². The maximum absolute atomic E-state index is 13.4. The van der Waals surface area contributed by atoms with Gasteiger partial charge in [0.1, 0.15) is 11.6 Å². The van der Waals surface area contributed by atoms with Gasteiger partial charge in [0.25, 0.3) is 5.91 Å². The Morgan fingerprint density at radius 3 is 2.70 bits per heavy atom. The first-order valence-electron chi connectivity index (χ1n) is 9.34. The molecule has 0 fully saturated rings. The van der Waals surface area contributed by atoms with Crippen molar-refractivity contribution in [3.05, 3.63) is 99.9 Å². The Morgan fingerprint density at radius 1 is 1.13 bits per heavy atom.